The lowest BCUT2D eigenvalue weighted by Crippen LogP contribution is -1.96. The van der Waals surface area contributed by atoms with E-state index >= 15 is 0 Å². The largest absolute Gasteiger partial charge is 0.466 e. The van der Waals surface area contributed by atoms with Gasteiger partial charge >= 0.3 is 5.97 Å². The highest BCUT2D eigenvalue weighted by Gasteiger charge is 2.03. The van der Waals surface area contributed by atoms with Crippen LogP contribution in [0.3, 0.4) is 0 Å². The number of benzene rings is 1. The first kappa shape index (κ1) is 11.7. The average molecular weight is 224 g/mol. The molecule has 15 heavy (non-hydrogen) atoms. The van der Waals surface area contributed by atoms with E-state index < -0.39 is 16.8 Å². The highest BCUT2D eigenvalue weighted by molar-refractivity contribution is 7.88. The maximum atomic E-state index is 11.7. The van der Waals surface area contributed by atoms with Gasteiger partial charge in [0.15, 0.2) is 0 Å². The van der Waals surface area contributed by atoms with E-state index in [2.05, 4.69) is 4.74 Å². The van der Waals surface area contributed by atoms with Gasteiger partial charge in [-0.15, -0.1) is 0 Å². The number of ether oxygens (including phenoxy) is 1. The standard InChI is InChI=1S/C11H12O3S/c1-9-5-3-4-6-10(9)15(13)8-7-11(12)14-2/h3-8H,1-2H3/b8-7+. The molecule has 0 bridgehead atoms. The summed E-state index contributed by atoms with van der Waals surface area (Å²) in [7, 11) is -0.0174. The molecular formula is C11H12O3S. The minimum Gasteiger partial charge on any atom is -0.466 e. The first-order chi connectivity index (χ1) is 7.15. The van der Waals surface area contributed by atoms with E-state index in [-0.39, 0.29) is 0 Å². The van der Waals surface area contributed by atoms with Crippen molar-refractivity contribution in [3.8, 4) is 0 Å². The van der Waals surface area contributed by atoms with Crippen molar-refractivity contribution in [2.24, 2.45) is 0 Å². The first-order valence-corrected chi connectivity index (χ1v) is 5.59. The molecule has 0 radical (unpaired) electrons. The minimum atomic E-state index is -1.30. The van der Waals surface area contributed by atoms with Crippen molar-refractivity contribution >= 4 is 16.8 Å². The Bertz CT molecular complexity index is 410. The second-order valence-corrected chi connectivity index (χ2v) is 4.20. The fourth-order valence-corrected chi connectivity index (χ4v) is 2.02. The van der Waals surface area contributed by atoms with Crippen molar-refractivity contribution in [2.45, 2.75) is 11.8 Å². The van der Waals surface area contributed by atoms with Gasteiger partial charge in [0.1, 0.15) is 0 Å². The number of aryl methyl sites for hydroxylation is 1. The van der Waals surface area contributed by atoms with Crippen LogP contribution in [0.2, 0.25) is 0 Å². The lowest BCUT2D eigenvalue weighted by atomic mass is 10.2. The van der Waals surface area contributed by atoms with Gasteiger partial charge < -0.3 is 4.74 Å². The SMILES string of the molecule is COC(=O)/C=C/S(=O)c1ccccc1C. The fraction of sp³-hybridized carbons (Fsp3) is 0.182. The first-order valence-electron chi connectivity index (χ1n) is 4.37. The molecule has 0 aromatic heterocycles. The molecule has 0 aliphatic rings. The maximum Gasteiger partial charge on any atom is 0.331 e. The second kappa shape index (κ2) is 5.46. The fourth-order valence-electron chi connectivity index (χ4n) is 1.04. The van der Waals surface area contributed by atoms with E-state index in [9.17, 15) is 9.00 Å². The van der Waals surface area contributed by atoms with E-state index in [4.69, 9.17) is 0 Å². The summed E-state index contributed by atoms with van der Waals surface area (Å²) in [5.41, 5.74) is 0.936. The zero-order valence-corrected chi connectivity index (χ0v) is 9.41. The number of esters is 1. The van der Waals surface area contributed by atoms with Crippen molar-refractivity contribution in [1.82, 2.24) is 0 Å². The van der Waals surface area contributed by atoms with Crippen molar-refractivity contribution in [1.29, 1.82) is 0 Å². The van der Waals surface area contributed by atoms with Crippen LogP contribution in [0.1, 0.15) is 5.56 Å². The zero-order valence-electron chi connectivity index (χ0n) is 8.60. The third-order valence-corrected chi connectivity index (χ3v) is 3.11. The average Bonchev–Trinajstić information content (AvgIpc) is 2.26. The van der Waals surface area contributed by atoms with Gasteiger partial charge in [-0.25, -0.2) is 9.00 Å². The van der Waals surface area contributed by atoms with Crippen molar-refractivity contribution in [3.63, 3.8) is 0 Å². The van der Waals surface area contributed by atoms with Gasteiger partial charge in [-0.05, 0) is 18.6 Å². The molecule has 0 saturated heterocycles. The Balaban J connectivity index is 2.83. The molecule has 0 spiro atoms. The lowest BCUT2D eigenvalue weighted by molar-refractivity contribution is -0.134. The molecule has 0 heterocycles. The second-order valence-electron chi connectivity index (χ2n) is 2.89. The summed E-state index contributed by atoms with van der Waals surface area (Å²) in [4.78, 5) is 11.5. The normalized spacial score (nSPS) is 12.7. The van der Waals surface area contributed by atoms with Crippen LogP contribution in [0.5, 0.6) is 0 Å². The molecule has 1 rings (SSSR count). The number of carbonyl (C=O) groups is 1. The number of hydrogen-bond donors (Lipinski definition) is 0. The number of hydrogen-bond acceptors (Lipinski definition) is 3. The van der Waals surface area contributed by atoms with E-state index in [1.807, 2.05) is 25.1 Å². The van der Waals surface area contributed by atoms with Crippen molar-refractivity contribution in [3.05, 3.63) is 41.3 Å². The predicted octanol–water partition coefficient (Wildman–Crippen LogP) is 1.79. The molecule has 1 aromatic rings. The monoisotopic (exact) mass is 224 g/mol. The molecule has 3 nitrogen and oxygen atoms in total. The van der Waals surface area contributed by atoms with Crippen molar-refractivity contribution in [2.75, 3.05) is 7.11 Å². The molecule has 0 saturated carbocycles. The van der Waals surface area contributed by atoms with Gasteiger partial charge in [-0.2, -0.15) is 0 Å². The summed E-state index contributed by atoms with van der Waals surface area (Å²) < 4.78 is 16.1. The third-order valence-electron chi connectivity index (χ3n) is 1.84. The Morgan fingerprint density at radius 3 is 2.67 bits per heavy atom. The molecule has 1 atom stereocenters. The quantitative estimate of drug-likeness (QED) is 0.580. The van der Waals surface area contributed by atoms with Gasteiger partial charge in [0.2, 0.25) is 0 Å². The van der Waals surface area contributed by atoms with Gasteiger partial charge in [-0.3, -0.25) is 0 Å². The number of rotatable bonds is 3. The van der Waals surface area contributed by atoms with Crippen molar-refractivity contribution < 1.29 is 13.7 Å². The molecule has 0 amide bonds. The molecular weight excluding hydrogens is 212 g/mol. The van der Waals surface area contributed by atoms with Crippen LogP contribution in [-0.4, -0.2) is 17.3 Å². The summed E-state index contributed by atoms with van der Waals surface area (Å²) in [5, 5.41) is 1.33. The predicted molar refractivity (Wildman–Crippen MR) is 58.7 cm³/mol. The topological polar surface area (TPSA) is 43.4 Å². The van der Waals surface area contributed by atoms with Gasteiger partial charge in [0.05, 0.1) is 17.9 Å². The third kappa shape index (κ3) is 3.32. The molecule has 0 aliphatic carbocycles. The van der Waals surface area contributed by atoms with E-state index in [0.717, 1.165) is 5.56 Å². The highest BCUT2D eigenvalue weighted by atomic mass is 32.2. The smallest absolute Gasteiger partial charge is 0.331 e. The van der Waals surface area contributed by atoms with Crippen LogP contribution >= 0.6 is 0 Å². The highest BCUT2D eigenvalue weighted by Crippen LogP contribution is 2.12. The Labute approximate surface area is 91.2 Å². The molecule has 0 N–H and O–H groups in total. The Morgan fingerprint density at radius 1 is 1.40 bits per heavy atom. The molecule has 0 aliphatic heterocycles. The van der Waals surface area contributed by atoms with Crippen LogP contribution in [0.25, 0.3) is 0 Å². The van der Waals surface area contributed by atoms with Gasteiger partial charge in [0, 0.05) is 16.4 Å². The maximum absolute atomic E-state index is 11.7. The summed E-state index contributed by atoms with van der Waals surface area (Å²) >= 11 is 0. The Kier molecular flexibility index (Phi) is 4.24. The van der Waals surface area contributed by atoms with Crippen LogP contribution < -0.4 is 0 Å². The van der Waals surface area contributed by atoms with E-state index in [0.29, 0.717) is 4.90 Å². The van der Waals surface area contributed by atoms with Crippen LogP contribution in [0.15, 0.2) is 40.6 Å². The molecule has 80 valence electrons. The lowest BCUT2D eigenvalue weighted by Gasteiger charge is -2.00. The molecule has 1 aromatic carbocycles. The van der Waals surface area contributed by atoms with E-state index in [1.165, 1.54) is 18.6 Å². The Hall–Kier alpha value is -1.42. The number of methoxy groups -OCH3 is 1. The molecule has 1 unspecified atom stereocenters. The summed E-state index contributed by atoms with van der Waals surface area (Å²) in [6.07, 6.45) is 1.17. The molecule has 0 fully saturated rings. The summed E-state index contributed by atoms with van der Waals surface area (Å²) in [6.45, 7) is 1.87. The van der Waals surface area contributed by atoms with Crippen LogP contribution in [-0.2, 0) is 20.3 Å². The van der Waals surface area contributed by atoms with E-state index in [1.54, 1.807) is 6.07 Å². The molecule has 4 heteroatoms. The van der Waals surface area contributed by atoms with Crippen LogP contribution in [0, 0.1) is 6.92 Å². The summed E-state index contributed by atoms with van der Waals surface area (Å²) in [6, 6.07) is 7.33. The van der Waals surface area contributed by atoms with Gasteiger partial charge in [0.25, 0.3) is 0 Å². The number of carbonyl (C=O) groups excluding carboxylic acids is 1. The minimum absolute atomic E-state index is 0.503. The zero-order chi connectivity index (χ0) is 11.3. The summed E-state index contributed by atoms with van der Waals surface area (Å²) in [5.74, 6) is -0.503. The Morgan fingerprint density at radius 2 is 2.07 bits per heavy atom. The van der Waals surface area contributed by atoms with Crippen LogP contribution in [0.4, 0.5) is 0 Å². The van der Waals surface area contributed by atoms with Gasteiger partial charge in [-0.1, -0.05) is 18.2 Å².